The van der Waals surface area contributed by atoms with E-state index in [1.54, 1.807) is 24.3 Å². The summed E-state index contributed by atoms with van der Waals surface area (Å²) < 4.78 is 0. The Kier molecular flexibility index (Phi) is 3.34. The van der Waals surface area contributed by atoms with E-state index in [9.17, 15) is 9.59 Å². The van der Waals surface area contributed by atoms with E-state index in [-0.39, 0.29) is 11.8 Å². The number of hydrogen-bond donors (Lipinski definition) is 0. The second-order valence-electron chi connectivity index (χ2n) is 5.72. The van der Waals surface area contributed by atoms with Crippen LogP contribution >= 0.6 is 0 Å². The average Bonchev–Trinajstić information content (AvgIpc) is 2.72. The third-order valence-electron chi connectivity index (χ3n) is 3.65. The maximum Gasteiger partial charge on any atom is 0.266 e. The van der Waals surface area contributed by atoms with Crippen LogP contribution in [0, 0.1) is 5.92 Å². The first kappa shape index (κ1) is 13.6. The molecule has 0 fully saturated rings. The van der Waals surface area contributed by atoms with Gasteiger partial charge in [-0.2, -0.15) is 0 Å². The lowest BCUT2D eigenvalue weighted by Crippen LogP contribution is -2.30. The highest BCUT2D eigenvalue weighted by Gasteiger charge is 2.37. The van der Waals surface area contributed by atoms with Gasteiger partial charge in [-0.3, -0.25) is 9.59 Å². The van der Waals surface area contributed by atoms with Crippen LogP contribution in [0.1, 0.15) is 40.1 Å². The molecule has 2 amide bonds. The van der Waals surface area contributed by atoms with Crippen LogP contribution in [-0.2, 0) is 6.42 Å². The van der Waals surface area contributed by atoms with E-state index in [1.807, 2.05) is 24.3 Å². The number of benzene rings is 2. The van der Waals surface area contributed by atoms with Gasteiger partial charge in [-0.15, -0.1) is 0 Å². The molecule has 0 saturated heterocycles. The average molecular weight is 279 g/mol. The second kappa shape index (κ2) is 5.17. The van der Waals surface area contributed by atoms with E-state index in [0.29, 0.717) is 22.7 Å². The fourth-order valence-electron chi connectivity index (χ4n) is 2.75. The topological polar surface area (TPSA) is 37.4 Å². The lowest BCUT2D eigenvalue weighted by Gasteiger charge is -2.19. The number of carbonyl (C=O) groups excluding carboxylic acids is 2. The molecule has 0 saturated carbocycles. The maximum atomic E-state index is 12.6. The first-order valence-electron chi connectivity index (χ1n) is 7.15. The summed E-state index contributed by atoms with van der Waals surface area (Å²) in [7, 11) is 0. The van der Waals surface area contributed by atoms with Crippen molar-refractivity contribution in [3.05, 3.63) is 65.2 Å². The van der Waals surface area contributed by atoms with Gasteiger partial charge in [0.2, 0.25) is 0 Å². The van der Waals surface area contributed by atoms with E-state index in [1.165, 1.54) is 4.90 Å². The molecule has 1 aliphatic heterocycles. The molecule has 0 unspecified atom stereocenters. The summed E-state index contributed by atoms with van der Waals surface area (Å²) in [5.74, 6) is -0.0000512. The maximum absolute atomic E-state index is 12.6. The third kappa shape index (κ3) is 2.25. The van der Waals surface area contributed by atoms with Gasteiger partial charge in [0.05, 0.1) is 16.8 Å². The van der Waals surface area contributed by atoms with Crippen molar-refractivity contribution in [3.8, 4) is 0 Å². The zero-order valence-corrected chi connectivity index (χ0v) is 12.2. The first-order valence-corrected chi connectivity index (χ1v) is 7.15. The molecule has 3 nitrogen and oxygen atoms in total. The highest BCUT2D eigenvalue weighted by molar-refractivity contribution is 6.34. The zero-order chi connectivity index (χ0) is 15.0. The Balaban J connectivity index is 2.07. The summed E-state index contributed by atoms with van der Waals surface area (Å²) in [4.78, 5) is 26.4. The summed E-state index contributed by atoms with van der Waals surface area (Å²) in [6.45, 7) is 4.25. The van der Waals surface area contributed by atoms with E-state index >= 15 is 0 Å². The minimum absolute atomic E-state index is 0.230. The summed E-state index contributed by atoms with van der Waals surface area (Å²) in [5, 5.41) is 0. The van der Waals surface area contributed by atoms with Crippen molar-refractivity contribution in [1.82, 2.24) is 0 Å². The molecular weight excluding hydrogens is 262 g/mol. The van der Waals surface area contributed by atoms with E-state index in [0.717, 1.165) is 12.0 Å². The van der Waals surface area contributed by atoms with Gasteiger partial charge >= 0.3 is 0 Å². The van der Waals surface area contributed by atoms with Gasteiger partial charge < -0.3 is 0 Å². The van der Waals surface area contributed by atoms with E-state index < -0.39 is 0 Å². The lowest BCUT2D eigenvalue weighted by atomic mass is 10.0. The Labute approximate surface area is 124 Å². The molecule has 21 heavy (non-hydrogen) atoms. The number of fused-ring (bicyclic) bond motifs is 1. The van der Waals surface area contributed by atoms with Crippen molar-refractivity contribution in [2.45, 2.75) is 20.3 Å². The minimum Gasteiger partial charge on any atom is -0.268 e. The number of para-hydroxylation sites is 1. The number of hydrogen-bond acceptors (Lipinski definition) is 2. The first-order chi connectivity index (χ1) is 10.1. The molecule has 0 aromatic heterocycles. The van der Waals surface area contributed by atoms with Crippen LogP contribution in [0.4, 0.5) is 5.69 Å². The molecular formula is C18H17NO2. The minimum atomic E-state index is -0.230. The van der Waals surface area contributed by atoms with Crippen LogP contribution in [0.2, 0.25) is 0 Å². The summed E-state index contributed by atoms with van der Waals surface area (Å²) in [5.41, 5.74) is 2.71. The molecule has 2 aromatic rings. The summed E-state index contributed by atoms with van der Waals surface area (Å²) >= 11 is 0. The van der Waals surface area contributed by atoms with Crippen molar-refractivity contribution >= 4 is 17.5 Å². The van der Waals surface area contributed by atoms with Crippen LogP contribution in [0.5, 0.6) is 0 Å². The Hall–Kier alpha value is -2.42. The number of nitrogens with zero attached hydrogens (tertiary/aromatic N) is 1. The molecule has 0 atom stereocenters. The number of rotatable bonds is 3. The molecule has 106 valence electrons. The van der Waals surface area contributed by atoms with E-state index in [2.05, 4.69) is 13.8 Å². The largest absolute Gasteiger partial charge is 0.268 e. The van der Waals surface area contributed by atoms with Crippen LogP contribution in [0.3, 0.4) is 0 Å². The van der Waals surface area contributed by atoms with Crippen molar-refractivity contribution < 1.29 is 9.59 Å². The standard InChI is InChI=1S/C18H17NO2/c1-12(2)11-13-7-3-6-10-16(13)19-17(20)14-8-4-5-9-15(14)18(19)21/h3-10,12H,11H2,1-2H3. The van der Waals surface area contributed by atoms with Crippen molar-refractivity contribution in [2.24, 2.45) is 5.92 Å². The molecule has 0 N–H and O–H groups in total. The van der Waals surface area contributed by atoms with Crippen molar-refractivity contribution in [2.75, 3.05) is 4.90 Å². The van der Waals surface area contributed by atoms with Crippen molar-refractivity contribution in [1.29, 1.82) is 0 Å². The molecule has 0 spiro atoms. The Morgan fingerprint density at radius 1 is 0.857 bits per heavy atom. The van der Waals surface area contributed by atoms with Crippen LogP contribution in [0.15, 0.2) is 48.5 Å². The van der Waals surface area contributed by atoms with Gasteiger partial charge in [0.1, 0.15) is 0 Å². The second-order valence-corrected chi connectivity index (χ2v) is 5.72. The van der Waals surface area contributed by atoms with Crippen LogP contribution in [0.25, 0.3) is 0 Å². The normalized spacial score (nSPS) is 14.0. The van der Waals surface area contributed by atoms with Gasteiger partial charge in [-0.1, -0.05) is 44.2 Å². The highest BCUT2D eigenvalue weighted by atomic mass is 16.2. The molecule has 1 aliphatic rings. The third-order valence-corrected chi connectivity index (χ3v) is 3.65. The van der Waals surface area contributed by atoms with Gasteiger partial charge in [0.25, 0.3) is 11.8 Å². The zero-order valence-electron chi connectivity index (χ0n) is 12.2. The van der Waals surface area contributed by atoms with Gasteiger partial charge in [0.15, 0.2) is 0 Å². The summed E-state index contributed by atoms with van der Waals surface area (Å²) in [6.07, 6.45) is 0.837. The molecule has 1 heterocycles. The quantitative estimate of drug-likeness (QED) is 0.804. The highest BCUT2D eigenvalue weighted by Crippen LogP contribution is 2.31. The summed E-state index contributed by atoms with van der Waals surface area (Å²) in [6, 6.07) is 14.6. The van der Waals surface area contributed by atoms with E-state index in [4.69, 9.17) is 0 Å². The van der Waals surface area contributed by atoms with Crippen LogP contribution in [-0.4, -0.2) is 11.8 Å². The fraction of sp³-hybridized carbons (Fsp3) is 0.222. The number of imide groups is 1. The molecule has 0 radical (unpaired) electrons. The number of amides is 2. The molecule has 0 aliphatic carbocycles. The molecule has 3 rings (SSSR count). The Bertz CT molecular complexity index is 684. The predicted molar refractivity (Wildman–Crippen MR) is 82.6 cm³/mol. The van der Waals surface area contributed by atoms with Gasteiger partial charge in [-0.05, 0) is 36.1 Å². The Morgan fingerprint density at radius 3 is 1.95 bits per heavy atom. The SMILES string of the molecule is CC(C)Cc1ccccc1N1C(=O)c2ccccc2C1=O. The number of carbonyl (C=O) groups is 2. The van der Waals surface area contributed by atoms with Crippen LogP contribution < -0.4 is 4.90 Å². The van der Waals surface area contributed by atoms with Crippen molar-refractivity contribution in [3.63, 3.8) is 0 Å². The Morgan fingerprint density at radius 2 is 1.38 bits per heavy atom. The molecule has 0 bridgehead atoms. The van der Waals surface area contributed by atoms with Gasteiger partial charge in [0, 0.05) is 0 Å². The lowest BCUT2D eigenvalue weighted by molar-refractivity contribution is 0.0926. The molecule has 2 aromatic carbocycles. The smallest absolute Gasteiger partial charge is 0.266 e. The fourth-order valence-corrected chi connectivity index (χ4v) is 2.75. The monoisotopic (exact) mass is 279 g/mol. The van der Waals surface area contributed by atoms with Gasteiger partial charge in [-0.25, -0.2) is 4.90 Å². The number of anilines is 1. The molecule has 3 heteroatoms. The predicted octanol–water partition coefficient (Wildman–Crippen LogP) is 3.69.